The van der Waals surface area contributed by atoms with Crippen LogP contribution in [0.2, 0.25) is 0 Å². The molecule has 0 radical (unpaired) electrons. The number of carbonyl (C=O) groups excluding carboxylic acids is 7. The van der Waals surface area contributed by atoms with Crippen molar-refractivity contribution in [2.75, 3.05) is 19.6 Å². The number of aliphatic hydroxyl groups is 1. The molecule has 25 nitrogen and oxygen atoms in total. The highest BCUT2D eigenvalue weighted by molar-refractivity contribution is 7.13. The number of aromatic nitrogens is 5. The maximum absolute atomic E-state index is 15.4. The van der Waals surface area contributed by atoms with Crippen molar-refractivity contribution < 1.29 is 61.7 Å². The van der Waals surface area contributed by atoms with Crippen LogP contribution in [-0.2, 0) is 66.3 Å². The molecule has 7 amide bonds. The molecular weight excluding hydrogens is 1380 g/mol. The lowest BCUT2D eigenvalue weighted by Gasteiger charge is -2.35. The second kappa shape index (κ2) is 31.6. The van der Waals surface area contributed by atoms with Gasteiger partial charge in [-0.1, -0.05) is 136 Å². The van der Waals surface area contributed by atoms with E-state index < -0.39 is 89.8 Å². The van der Waals surface area contributed by atoms with E-state index in [4.69, 9.17) is 23.0 Å². The van der Waals surface area contributed by atoms with E-state index in [1.54, 1.807) is 82.6 Å². The average Bonchev–Trinajstić information content (AvgIpc) is 1.63. The lowest BCUT2D eigenvalue weighted by Crippen LogP contribution is -2.55. The van der Waals surface area contributed by atoms with Crippen molar-refractivity contribution in [2.45, 2.75) is 169 Å². The molecule has 27 heteroatoms. The highest BCUT2D eigenvalue weighted by atomic mass is 32.1. The third kappa shape index (κ3) is 16.1. The molecule has 548 valence electrons. The van der Waals surface area contributed by atoms with E-state index in [1.165, 1.54) is 14.7 Å². The minimum atomic E-state index is -1.01. The summed E-state index contributed by atoms with van der Waals surface area (Å²) < 4.78 is 30.2. The third-order valence-corrected chi connectivity index (χ3v) is 22.1. The standard InChI is InChI=1S/C78H86N12O13S2/c1-42(2)67(65-26-45(7)85-102-65)76(96)88-37-58(30-62(88)73(93)80-33-49-12-18-52(19-13-49)70-46(8)82-40-104-70)99-39-55-27-66(103-86-55)68(43(3)4)77(97)89-38-59(31-63(89)74(94)81-34-50-14-20-53(21-15-50)71-47(9)83-41-105-71)100-57-23-22-54-35-90(75(95)60(54)29-57)69(44(5)6)78(98)87-36-56(91)28-61(87)72(92)79-32-48-10-16-51(17-11-48)64-24-25-84-101-64/h10-27,29,40-44,56,58-59,61-63,67-69,91H,28,30-39H2,1-9H3,(H,79,92)(H,80,93)(H,81,94)/t56-,58-,59-,61+,62+,63+,67+,68?,69+/m1/s1. The lowest BCUT2D eigenvalue weighted by atomic mass is 9.91. The Morgan fingerprint density at radius 1 is 0.571 bits per heavy atom. The summed E-state index contributed by atoms with van der Waals surface area (Å²) in [5.41, 5.74) is 12.8. The number of hydrogen-bond donors (Lipinski definition) is 4. The number of thiazole rings is 2. The zero-order chi connectivity index (χ0) is 73.9. The summed E-state index contributed by atoms with van der Waals surface area (Å²) in [6, 6.07) is 29.7. The van der Waals surface area contributed by atoms with Gasteiger partial charge in [0.05, 0.1) is 69.4 Å². The molecule has 105 heavy (non-hydrogen) atoms. The summed E-state index contributed by atoms with van der Waals surface area (Å²) >= 11 is 3.11. The van der Waals surface area contributed by atoms with E-state index in [1.807, 2.05) is 134 Å². The van der Waals surface area contributed by atoms with E-state index >= 15 is 4.79 Å². The number of nitrogens with one attached hydrogen (secondary N) is 3. The smallest absolute Gasteiger partial charge is 0.255 e. The normalized spacial score (nSPS) is 19.6. The van der Waals surface area contributed by atoms with Gasteiger partial charge in [0.1, 0.15) is 65.1 Å². The van der Waals surface area contributed by atoms with Gasteiger partial charge in [0.25, 0.3) is 5.91 Å². The molecule has 9 heterocycles. The molecule has 4 aliphatic rings. The van der Waals surface area contributed by atoms with Gasteiger partial charge in [-0.2, -0.15) is 0 Å². The van der Waals surface area contributed by atoms with Crippen LogP contribution >= 0.6 is 22.7 Å². The van der Waals surface area contributed by atoms with Crippen LogP contribution in [0.15, 0.2) is 140 Å². The number of hydrogen-bond acceptors (Lipinski definition) is 20. The zero-order valence-corrected chi connectivity index (χ0v) is 61.7. The highest BCUT2D eigenvalue weighted by Crippen LogP contribution is 2.38. The third-order valence-electron chi connectivity index (χ3n) is 20.2. The number of ether oxygens (including phenoxy) is 2. The average molecular weight is 1460 g/mol. The number of aryl methyl sites for hydroxylation is 3. The molecule has 5 aromatic heterocycles. The van der Waals surface area contributed by atoms with Gasteiger partial charge in [-0.15, -0.1) is 22.7 Å². The fourth-order valence-corrected chi connectivity index (χ4v) is 16.3. The number of amides is 7. The predicted molar refractivity (Wildman–Crippen MR) is 389 cm³/mol. The first kappa shape index (κ1) is 73.1. The van der Waals surface area contributed by atoms with E-state index in [0.29, 0.717) is 39.8 Å². The number of aliphatic hydroxyl groups excluding tert-OH is 1. The van der Waals surface area contributed by atoms with Crippen LogP contribution in [0.3, 0.4) is 0 Å². The SMILES string of the molecule is Cc1cc([C@@H](C(=O)N2C[C@H](OCc3cc(C(C(=O)N4C[C@H](Oc5ccc6c(c5)C(=O)N([C@H](C(=O)N5C[C@H](O)C[C@H]5C(=O)NCc5ccc(-c7ccno7)cc5)C(C)C)C6)C[C@H]4C(=O)NCc4ccc(-c5scnc5C)cc4)C(C)C)on3)C[C@H]2C(=O)NCc2ccc(-c3scnc3C)cc2)C(C)C)on1. The Bertz CT molecular complexity index is 4610. The van der Waals surface area contributed by atoms with Crippen LogP contribution in [0.25, 0.3) is 32.2 Å². The molecule has 3 fully saturated rings. The first-order valence-electron chi connectivity index (χ1n) is 35.6. The quantitative estimate of drug-likeness (QED) is 0.0392. The first-order chi connectivity index (χ1) is 50.5. The van der Waals surface area contributed by atoms with Gasteiger partial charge in [0, 0.05) is 87.9 Å². The molecule has 9 atom stereocenters. The van der Waals surface area contributed by atoms with E-state index in [9.17, 15) is 33.9 Å². The van der Waals surface area contributed by atoms with Crippen molar-refractivity contribution >= 4 is 64.0 Å². The number of fused-ring (bicyclic) bond motifs is 1. The van der Waals surface area contributed by atoms with Gasteiger partial charge in [-0.25, -0.2) is 9.97 Å². The van der Waals surface area contributed by atoms with Crippen LogP contribution in [0.5, 0.6) is 5.75 Å². The maximum atomic E-state index is 15.4. The Morgan fingerprint density at radius 2 is 1.08 bits per heavy atom. The minimum absolute atomic E-state index is 0.0144. The molecule has 4 N–H and O–H groups in total. The van der Waals surface area contributed by atoms with E-state index in [-0.39, 0.29) is 101 Å². The summed E-state index contributed by atoms with van der Waals surface area (Å²) in [6.45, 7) is 17.6. The van der Waals surface area contributed by atoms with Gasteiger partial charge in [0.2, 0.25) is 35.4 Å². The maximum Gasteiger partial charge on any atom is 0.255 e. The number of benzene rings is 4. The summed E-state index contributed by atoms with van der Waals surface area (Å²) in [5, 5.41) is 32.3. The number of β-amino-alcohol motifs (C(OH)–C–C–N with tert-alkyl or cyclic N) is 1. The van der Waals surface area contributed by atoms with Gasteiger partial charge in [-0.05, 0) is 84.0 Å². The molecule has 0 spiro atoms. The Balaban J connectivity index is 0.690. The largest absolute Gasteiger partial charge is 0.488 e. The molecule has 9 aromatic rings. The van der Waals surface area contributed by atoms with Crippen molar-refractivity contribution in [3.05, 3.63) is 189 Å². The van der Waals surface area contributed by atoms with Crippen molar-refractivity contribution in [3.63, 3.8) is 0 Å². The first-order valence-corrected chi connectivity index (χ1v) is 37.3. The second-order valence-corrected chi connectivity index (χ2v) is 30.4. The number of carbonyl (C=O) groups is 7. The number of likely N-dealkylation sites (tertiary alicyclic amines) is 3. The van der Waals surface area contributed by atoms with Crippen molar-refractivity contribution in [3.8, 4) is 38.0 Å². The van der Waals surface area contributed by atoms with Crippen LogP contribution in [0.1, 0.15) is 140 Å². The fourth-order valence-electron chi connectivity index (χ4n) is 14.7. The number of rotatable bonds is 26. The molecule has 0 bridgehead atoms. The van der Waals surface area contributed by atoms with Gasteiger partial charge < -0.3 is 63.7 Å². The van der Waals surface area contributed by atoms with Crippen LogP contribution in [0.4, 0.5) is 0 Å². The minimum Gasteiger partial charge on any atom is -0.488 e. The molecule has 0 saturated carbocycles. The molecule has 13 rings (SSSR count). The topological polar surface area (TPSA) is 311 Å². The lowest BCUT2D eigenvalue weighted by molar-refractivity contribution is -0.143. The Morgan fingerprint density at radius 3 is 1.57 bits per heavy atom. The van der Waals surface area contributed by atoms with Crippen molar-refractivity contribution in [1.29, 1.82) is 0 Å². The summed E-state index contributed by atoms with van der Waals surface area (Å²) in [5.74, 6) is -3.79. The highest BCUT2D eigenvalue weighted by Gasteiger charge is 2.49. The summed E-state index contributed by atoms with van der Waals surface area (Å²) in [4.78, 5) is 119. The molecule has 4 aromatic carbocycles. The Labute approximate surface area is 616 Å². The Kier molecular flexibility index (Phi) is 22.0. The monoisotopic (exact) mass is 1460 g/mol. The van der Waals surface area contributed by atoms with Crippen LogP contribution < -0.4 is 20.7 Å². The molecule has 4 aliphatic heterocycles. The molecule has 0 aliphatic carbocycles. The molecule has 3 saturated heterocycles. The molecular formula is C78H86N12O13S2. The van der Waals surface area contributed by atoms with E-state index in [0.717, 1.165) is 54.5 Å². The fraction of sp³-hybridized carbons (Fsp3) is 0.410. The second-order valence-electron chi connectivity index (χ2n) is 28.7. The summed E-state index contributed by atoms with van der Waals surface area (Å²) in [7, 11) is 0. The van der Waals surface area contributed by atoms with Crippen molar-refractivity contribution in [2.24, 2.45) is 17.8 Å². The van der Waals surface area contributed by atoms with Gasteiger partial charge in [0.15, 0.2) is 5.76 Å². The summed E-state index contributed by atoms with van der Waals surface area (Å²) in [6.07, 6.45) is -0.442. The van der Waals surface area contributed by atoms with Gasteiger partial charge in [-0.3, -0.25) is 33.6 Å². The van der Waals surface area contributed by atoms with Crippen LogP contribution in [0, 0.1) is 38.5 Å². The van der Waals surface area contributed by atoms with Crippen LogP contribution in [-0.4, -0.2) is 154 Å². The van der Waals surface area contributed by atoms with E-state index in [2.05, 4.69) is 41.4 Å². The van der Waals surface area contributed by atoms with Crippen molar-refractivity contribution in [1.82, 2.24) is 61.0 Å². The number of nitrogens with zero attached hydrogens (tertiary/aromatic N) is 9. The predicted octanol–water partition coefficient (Wildman–Crippen LogP) is 10.1. The zero-order valence-electron chi connectivity index (χ0n) is 60.0. The Hall–Kier alpha value is -10.2. The molecule has 1 unspecified atom stereocenters. The van der Waals surface area contributed by atoms with Gasteiger partial charge >= 0.3 is 0 Å².